The van der Waals surface area contributed by atoms with Crippen molar-refractivity contribution in [3.63, 3.8) is 0 Å². The van der Waals surface area contributed by atoms with Crippen LogP contribution >= 0.6 is 0 Å². The number of ether oxygens (including phenoxy) is 2. The highest BCUT2D eigenvalue weighted by atomic mass is 16.5. The molecule has 1 aromatic heterocycles. The Kier molecular flexibility index (Phi) is 5.88. The second-order valence-electron chi connectivity index (χ2n) is 6.19. The molecule has 2 heterocycles. The molecule has 0 bridgehead atoms. The molecule has 1 fully saturated rings. The molecule has 3 rings (SSSR count). The minimum absolute atomic E-state index is 0.668. The van der Waals surface area contributed by atoms with E-state index in [-0.39, 0.29) is 0 Å². The quantitative estimate of drug-likeness (QED) is 0.633. The molecule has 0 unspecified atom stereocenters. The number of hydrogen-bond donors (Lipinski definition) is 1. The second-order valence-corrected chi connectivity index (χ2v) is 6.19. The van der Waals surface area contributed by atoms with E-state index in [4.69, 9.17) is 9.47 Å². The van der Waals surface area contributed by atoms with Crippen molar-refractivity contribution in [1.82, 2.24) is 9.97 Å². The summed E-state index contributed by atoms with van der Waals surface area (Å²) < 4.78 is 10.5. The molecule has 0 aliphatic carbocycles. The van der Waals surface area contributed by atoms with Crippen LogP contribution in [0.4, 0.5) is 11.6 Å². The van der Waals surface area contributed by atoms with Crippen molar-refractivity contribution in [2.45, 2.75) is 26.2 Å². The largest absolute Gasteiger partial charge is 0.493 e. The average molecular weight is 355 g/mol. The number of nitrogens with one attached hydrogen (secondary N) is 1. The van der Waals surface area contributed by atoms with Crippen molar-refractivity contribution in [1.29, 1.82) is 0 Å². The molecule has 0 saturated carbocycles. The number of methoxy groups -OCH3 is 2. The van der Waals surface area contributed by atoms with Gasteiger partial charge < -0.3 is 14.4 Å². The highest BCUT2D eigenvalue weighted by Gasteiger charge is 2.13. The van der Waals surface area contributed by atoms with Crippen LogP contribution in [0.5, 0.6) is 11.5 Å². The van der Waals surface area contributed by atoms with Gasteiger partial charge in [-0.25, -0.2) is 9.97 Å². The number of anilines is 2. The highest BCUT2D eigenvalue weighted by molar-refractivity contribution is 5.81. The van der Waals surface area contributed by atoms with Gasteiger partial charge in [0.2, 0.25) is 0 Å². The fourth-order valence-corrected chi connectivity index (χ4v) is 3.00. The van der Waals surface area contributed by atoms with Crippen LogP contribution in [0.15, 0.2) is 29.4 Å². The minimum atomic E-state index is 0.668. The first-order chi connectivity index (χ1) is 12.7. The Labute approximate surface area is 154 Å². The molecule has 0 radical (unpaired) electrons. The normalized spacial score (nSPS) is 14.5. The first-order valence-electron chi connectivity index (χ1n) is 8.81. The summed E-state index contributed by atoms with van der Waals surface area (Å²) in [6.45, 7) is 3.99. The predicted octanol–water partition coefficient (Wildman–Crippen LogP) is 3.24. The molecule has 1 N–H and O–H groups in total. The van der Waals surface area contributed by atoms with Gasteiger partial charge in [0, 0.05) is 19.2 Å². The van der Waals surface area contributed by atoms with Crippen LogP contribution in [0.3, 0.4) is 0 Å². The molecular weight excluding hydrogens is 330 g/mol. The van der Waals surface area contributed by atoms with Gasteiger partial charge in [-0.2, -0.15) is 5.10 Å². The van der Waals surface area contributed by atoms with Crippen LogP contribution in [0.1, 0.15) is 30.7 Å². The summed E-state index contributed by atoms with van der Waals surface area (Å²) in [5.74, 6) is 3.74. The lowest BCUT2D eigenvalue weighted by Crippen LogP contribution is -2.30. The number of rotatable bonds is 6. The van der Waals surface area contributed by atoms with Crippen molar-refractivity contribution in [3.05, 3.63) is 35.7 Å². The molecule has 1 aliphatic rings. The lowest BCUT2D eigenvalue weighted by Gasteiger charge is -2.27. The summed E-state index contributed by atoms with van der Waals surface area (Å²) in [6.07, 6.45) is 5.44. The van der Waals surface area contributed by atoms with Crippen LogP contribution in [0.2, 0.25) is 0 Å². The van der Waals surface area contributed by atoms with Crippen molar-refractivity contribution in [2.75, 3.05) is 37.6 Å². The maximum Gasteiger partial charge on any atom is 0.161 e. The van der Waals surface area contributed by atoms with Crippen molar-refractivity contribution >= 4 is 17.9 Å². The van der Waals surface area contributed by atoms with E-state index in [1.807, 2.05) is 31.2 Å². The molecule has 26 heavy (non-hydrogen) atoms. The molecule has 1 saturated heterocycles. The summed E-state index contributed by atoms with van der Waals surface area (Å²) in [7, 11) is 3.23. The Morgan fingerprint density at radius 3 is 2.54 bits per heavy atom. The maximum atomic E-state index is 5.31. The lowest BCUT2D eigenvalue weighted by molar-refractivity contribution is 0.355. The molecule has 7 heteroatoms. The number of piperidine rings is 1. The van der Waals surface area contributed by atoms with Crippen LogP contribution < -0.4 is 19.8 Å². The third kappa shape index (κ3) is 4.41. The van der Waals surface area contributed by atoms with E-state index in [1.54, 1.807) is 20.4 Å². The molecule has 2 aromatic rings. The Hall–Kier alpha value is -2.83. The number of hydrazone groups is 1. The molecule has 138 valence electrons. The molecular formula is C19H25N5O2. The van der Waals surface area contributed by atoms with Gasteiger partial charge in [-0.05, 0) is 49.9 Å². The highest BCUT2D eigenvalue weighted by Crippen LogP contribution is 2.27. The summed E-state index contributed by atoms with van der Waals surface area (Å²) in [6, 6.07) is 7.58. The standard InChI is InChI=1S/C19H25N5O2/c1-14-21-18(12-19(22-14)24-9-5-4-6-10-24)23-20-13-15-7-8-16(25-2)17(11-15)26-3/h7-8,11-13H,4-6,9-10H2,1-3H3,(H,21,22,23). The fraction of sp³-hybridized carbons (Fsp3) is 0.421. The minimum Gasteiger partial charge on any atom is -0.493 e. The van der Waals surface area contributed by atoms with Gasteiger partial charge in [0.05, 0.1) is 20.4 Å². The molecule has 0 amide bonds. The molecule has 0 spiro atoms. The van der Waals surface area contributed by atoms with Crippen molar-refractivity contribution < 1.29 is 9.47 Å². The summed E-state index contributed by atoms with van der Waals surface area (Å²) in [4.78, 5) is 11.3. The number of hydrogen-bond acceptors (Lipinski definition) is 7. The second kappa shape index (κ2) is 8.51. The molecule has 7 nitrogen and oxygen atoms in total. The van der Waals surface area contributed by atoms with Gasteiger partial charge in [0.1, 0.15) is 11.6 Å². The van der Waals surface area contributed by atoms with Crippen LogP contribution in [-0.2, 0) is 0 Å². The maximum absolute atomic E-state index is 5.31. The Morgan fingerprint density at radius 2 is 1.81 bits per heavy atom. The van der Waals surface area contributed by atoms with Crippen LogP contribution in [0.25, 0.3) is 0 Å². The van der Waals surface area contributed by atoms with E-state index >= 15 is 0 Å². The van der Waals surface area contributed by atoms with E-state index in [9.17, 15) is 0 Å². The summed E-state index contributed by atoms with van der Waals surface area (Å²) in [5.41, 5.74) is 3.90. The van der Waals surface area contributed by atoms with Crippen molar-refractivity contribution in [2.24, 2.45) is 5.10 Å². The van der Waals surface area contributed by atoms with E-state index in [0.29, 0.717) is 17.3 Å². The SMILES string of the molecule is COc1ccc(C=NNc2cc(N3CCCCC3)nc(C)n2)cc1OC. The number of benzene rings is 1. The zero-order valence-electron chi connectivity index (χ0n) is 15.5. The smallest absolute Gasteiger partial charge is 0.161 e. The molecule has 1 aliphatic heterocycles. The zero-order valence-corrected chi connectivity index (χ0v) is 15.5. The number of aromatic nitrogens is 2. The van der Waals surface area contributed by atoms with Gasteiger partial charge in [-0.3, -0.25) is 5.43 Å². The molecule has 0 atom stereocenters. The Balaban J connectivity index is 1.71. The van der Waals surface area contributed by atoms with Gasteiger partial charge in [0.25, 0.3) is 0 Å². The van der Waals surface area contributed by atoms with Gasteiger partial charge >= 0.3 is 0 Å². The van der Waals surface area contributed by atoms with Gasteiger partial charge in [-0.15, -0.1) is 0 Å². The van der Waals surface area contributed by atoms with E-state index in [0.717, 1.165) is 30.3 Å². The topological polar surface area (TPSA) is 71.9 Å². The third-order valence-electron chi connectivity index (χ3n) is 4.30. The third-order valence-corrected chi connectivity index (χ3v) is 4.30. The van der Waals surface area contributed by atoms with Crippen molar-refractivity contribution in [3.8, 4) is 11.5 Å². The Morgan fingerprint density at radius 1 is 1.04 bits per heavy atom. The summed E-state index contributed by atoms with van der Waals surface area (Å²) >= 11 is 0. The van der Waals surface area contributed by atoms with E-state index in [2.05, 4.69) is 25.4 Å². The van der Waals surface area contributed by atoms with Gasteiger partial charge in [-0.1, -0.05) is 0 Å². The van der Waals surface area contributed by atoms with Crippen LogP contribution in [0, 0.1) is 6.92 Å². The lowest BCUT2D eigenvalue weighted by atomic mass is 10.1. The number of aryl methyl sites for hydroxylation is 1. The van der Waals surface area contributed by atoms with Gasteiger partial charge in [0.15, 0.2) is 17.3 Å². The molecule has 1 aromatic carbocycles. The fourth-order valence-electron chi connectivity index (χ4n) is 3.00. The van der Waals surface area contributed by atoms with E-state index < -0.39 is 0 Å². The monoisotopic (exact) mass is 355 g/mol. The first kappa shape index (κ1) is 18.0. The van der Waals surface area contributed by atoms with E-state index in [1.165, 1.54) is 19.3 Å². The zero-order chi connectivity index (χ0) is 18.4. The first-order valence-corrected chi connectivity index (χ1v) is 8.81. The Bertz CT molecular complexity index is 773. The summed E-state index contributed by atoms with van der Waals surface area (Å²) in [5, 5.41) is 4.29. The number of nitrogens with zero attached hydrogens (tertiary/aromatic N) is 4. The predicted molar refractivity (Wildman–Crippen MR) is 104 cm³/mol. The van der Waals surface area contributed by atoms with Crippen LogP contribution in [-0.4, -0.2) is 43.5 Å². The average Bonchev–Trinajstić information content (AvgIpc) is 2.68.